The average Bonchev–Trinajstić information content (AvgIpc) is 2.99. The minimum Gasteiger partial charge on any atom is -0.489 e. The molecule has 130 valence electrons. The lowest BCUT2D eigenvalue weighted by Crippen LogP contribution is -2.36. The Balaban J connectivity index is 0.00000288. The molecule has 0 aliphatic carbocycles. The van der Waals surface area contributed by atoms with E-state index in [0.29, 0.717) is 19.7 Å². The van der Waals surface area contributed by atoms with Crippen molar-refractivity contribution in [2.24, 2.45) is 12.0 Å². The molecule has 0 saturated heterocycles. The number of aryl methyl sites for hydroxylation is 1. The van der Waals surface area contributed by atoms with E-state index in [4.69, 9.17) is 4.74 Å². The van der Waals surface area contributed by atoms with Gasteiger partial charge in [-0.05, 0) is 6.07 Å². The molecule has 2 rings (SSSR count). The third-order valence-electron chi connectivity index (χ3n) is 3.22. The highest BCUT2D eigenvalue weighted by molar-refractivity contribution is 14.0. The van der Waals surface area contributed by atoms with Crippen LogP contribution >= 0.6 is 24.0 Å². The van der Waals surface area contributed by atoms with Gasteiger partial charge in [-0.1, -0.05) is 30.9 Å². The Morgan fingerprint density at radius 2 is 2.08 bits per heavy atom. The van der Waals surface area contributed by atoms with Crippen molar-refractivity contribution in [3.63, 3.8) is 0 Å². The number of benzene rings is 1. The van der Waals surface area contributed by atoms with E-state index in [1.54, 1.807) is 17.8 Å². The van der Waals surface area contributed by atoms with Crippen LogP contribution in [0, 0.1) is 0 Å². The monoisotopic (exact) mass is 441 g/mol. The number of halogens is 1. The maximum Gasteiger partial charge on any atom is 0.191 e. The second-order valence-corrected chi connectivity index (χ2v) is 5.01. The number of aliphatic imine (C=N–C) groups is 1. The Hall–Kier alpha value is -2.03. The second kappa shape index (κ2) is 10.7. The number of nitrogens with one attached hydrogen (secondary N) is 2. The summed E-state index contributed by atoms with van der Waals surface area (Å²) in [6.45, 7) is 5.46. The van der Waals surface area contributed by atoms with Gasteiger partial charge in [-0.15, -0.1) is 24.0 Å². The molecular formula is C17H24IN5O. The number of hydrogen-bond donors (Lipinski definition) is 2. The maximum absolute atomic E-state index is 5.65. The first kappa shape index (κ1) is 20.0. The van der Waals surface area contributed by atoms with Crippen LogP contribution in [0.5, 0.6) is 5.75 Å². The molecule has 0 atom stereocenters. The smallest absolute Gasteiger partial charge is 0.191 e. The molecule has 2 N–H and O–H groups in total. The number of para-hydroxylation sites is 1. The molecule has 0 spiro atoms. The van der Waals surface area contributed by atoms with E-state index in [1.807, 2.05) is 43.7 Å². The normalized spacial score (nSPS) is 10.7. The number of nitrogens with zero attached hydrogens (tertiary/aromatic N) is 3. The van der Waals surface area contributed by atoms with E-state index in [-0.39, 0.29) is 24.0 Å². The summed E-state index contributed by atoms with van der Waals surface area (Å²) >= 11 is 0. The van der Waals surface area contributed by atoms with Crippen molar-refractivity contribution in [1.29, 1.82) is 0 Å². The van der Waals surface area contributed by atoms with Gasteiger partial charge in [0.2, 0.25) is 0 Å². The number of aromatic nitrogens is 2. The summed E-state index contributed by atoms with van der Waals surface area (Å²) in [5.41, 5.74) is 2.17. The number of ether oxygens (including phenoxy) is 1. The van der Waals surface area contributed by atoms with Gasteiger partial charge in [0.05, 0.1) is 6.20 Å². The summed E-state index contributed by atoms with van der Waals surface area (Å²) in [4.78, 5) is 4.23. The molecule has 6 nitrogen and oxygen atoms in total. The van der Waals surface area contributed by atoms with Crippen LogP contribution < -0.4 is 15.4 Å². The highest BCUT2D eigenvalue weighted by Crippen LogP contribution is 2.17. The van der Waals surface area contributed by atoms with Gasteiger partial charge < -0.3 is 15.4 Å². The molecule has 0 saturated carbocycles. The fraction of sp³-hybridized carbons (Fsp3) is 0.294. The molecule has 0 bridgehead atoms. The van der Waals surface area contributed by atoms with Crippen molar-refractivity contribution < 1.29 is 4.74 Å². The summed E-state index contributed by atoms with van der Waals surface area (Å²) in [5.74, 6) is 1.58. The van der Waals surface area contributed by atoms with Crippen molar-refractivity contribution in [2.75, 3.05) is 13.7 Å². The molecule has 2 aromatic rings. The quantitative estimate of drug-likeness (QED) is 0.300. The summed E-state index contributed by atoms with van der Waals surface area (Å²) < 4.78 is 7.43. The van der Waals surface area contributed by atoms with Gasteiger partial charge in [-0.3, -0.25) is 9.67 Å². The average molecular weight is 441 g/mol. The first-order chi connectivity index (χ1) is 11.2. The van der Waals surface area contributed by atoms with Crippen LogP contribution in [0.4, 0.5) is 0 Å². The summed E-state index contributed by atoms with van der Waals surface area (Å²) in [6.07, 6.45) is 5.54. The molecule has 0 radical (unpaired) electrons. The van der Waals surface area contributed by atoms with E-state index in [1.165, 1.54) is 0 Å². The summed E-state index contributed by atoms with van der Waals surface area (Å²) in [6, 6.07) is 7.92. The van der Waals surface area contributed by atoms with E-state index in [0.717, 1.165) is 22.8 Å². The predicted octanol–water partition coefficient (Wildman–Crippen LogP) is 2.47. The van der Waals surface area contributed by atoms with Crippen LogP contribution in [0.3, 0.4) is 0 Å². The second-order valence-electron chi connectivity index (χ2n) is 5.01. The first-order valence-electron chi connectivity index (χ1n) is 7.46. The molecule has 24 heavy (non-hydrogen) atoms. The Kier molecular flexibility index (Phi) is 8.92. The molecular weight excluding hydrogens is 417 g/mol. The van der Waals surface area contributed by atoms with Crippen molar-refractivity contribution in [2.45, 2.75) is 13.1 Å². The fourth-order valence-electron chi connectivity index (χ4n) is 2.09. The standard InChI is InChI=1S/C17H23N5O.HI/c1-4-9-23-16-8-6-5-7-15(16)12-20-17(18-2)19-10-14-11-21-22(3)13-14;/h4-8,11,13H,1,9-10,12H2,2-3H3,(H2,18,19,20);1H. The lowest BCUT2D eigenvalue weighted by molar-refractivity contribution is 0.358. The van der Waals surface area contributed by atoms with Gasteiger partial charge in [0, 0.05) is 44.5 Å². The van der Waals surface area contributed by atoms with E-state index >= 15 is 0 Å². The van der Waals surface area contributed by atoms with Crippen LogP contribution in [0.25, 0.3) is 0 Å². The van der Waals surface area contributed by atoms with Gasteiger partial charge in [0.15, 0.2) is 5.96 Å². The molecule has 0 aliphatic rings. The molecule has 0 amide bonds. The van der Waals surface area contributed by atoms with Crippen molar-refractivity contribution in [3.05, 3.63) is 60.4 Å². The van der Waals surface area contributed by atoms with Gasteiger partial charge >= 0.3 is 0 Å². The van der Waals surface area contributed by atoms with Crippen LogP contribution in [0.2, 0.25) is 0 Å². The SMILES string of the molecule is C=CCOc1ccccc1CNC(=NC)NCc1cnn(C)c1.I. The highest BCUT2D eigenvalue weighted by Gasteiger charge is 2.04. The fourth-order valence-corrected chi connectivity index (χ4v) is 2.09. The molecule has 1 aromatic heterocycles. The summed E-state index contributed by atoms with van der Waals surface area (Å²) in [5, 5.41) is 10.7. The van der Waals surface area contributed by atoms with Crippen molar-refractivity contribution in [3.8, 4) is 5.75 Å². The molecule has 1 heterocycles. The van der Waals surface area contributed by atoms with Crippen LogP contribution in [-0.2, 0) is 20.1 Å². The minimum atomic E-state index is 0. The van der Waals surface area contributed by atoms with Crippen LogP contribution in [-0.4, -0.2) is 29.4 Å². The molecule has 0 aliphatic heterocycles. The molecule has 7 heteroatoms. The van der Waals surface area contributed by atoms with E-state index < -0.39 is 0 Å². The number of rotatable bonds is 7. The van der Waals surface area contributed by atoms with Gasteiger partial charge in [0.1, 0.15) is 12.4 Å². The Labute approximate surface area is 160 Å². The van der Waals surface area contributed by atoms with Gasteiger partial charge in [-0.2, -0.15) is 5.10 Å². The van der Waals surface area contributed by atoms with Gasteiger partial charge in [0.25, 0.3) is 0 Å². The zero-order valence-corrected chi connectivity index (χ0v) is 16.4. The number of guanidine groups is 1. The van der Waals surface area contributed by atoms with E-state index in [9.17, 15) is 0 Å². The third-order valence-corrected chi connectivity index (χ3v) is 3.22. The Morgan fingerprint density at radius 1 is 1.33 bits per heavy atom. The number of hydrogen-bond acceptors (Lipinski definition) is 3. The maximum atomic E-state index is 5.65. The minimum absolute atomic E-state index is 0. The lowest BCUT2D eigenvalue weighted by atomic mass is 10.2. The molecule has 1 aromatic carbocycles. The predicted molar refractivity (Wildman–Crippen MR) is 108 cm³/mol. The first-order valence-corrected chi connectivity index (χ1v) is 7.46. The summed E-state index contributed by atoms with van der Waals surface area (Å²) in [7, 11) is 3.65. The van der Waals surface area contributed by atoms with Gasteiger partial charge in [-0.25, -0.2) is 0 Å². The lowest BCUT2D eigenvalue weighted by Gasteiger charge is -2.14. The topological polar surface area (TPSA) is 63.5 Å². The highest BCUT2D eigenvalue weighted by atomic mass is 127. The van der Waals surface area contributed by atoms with Crippen molar-refractivity contribution >= 4 is 29.9 Å². The molecule has 0 unspecified atom stereocenters. The van der Waals surface area contributed by atoms with E-state index in [2.05, 4.69) is 27.3 Å². The molecule has 0 fully saturated rings. The Morgan fingerprint density at radius 3 is 2.75 bits per heavy atom. The zero-order valence-electron chi connectivity index (χ0n) is 14.0. The zero-order chi connectivity index (χ0) is 16.5. The van der Waals surface area contributed by atoms with Crippen LogP contribution in [0.1, 0.15) is 11.1 Å². The van der Waals surface area contributed by atoms with Crippen LogP contribution in [0.15, 0.2) is 54.3 Å². The largest absolute Gasteiger partial charge is 0.489 e. The van der Waals surface area contributed by atoms with Crippen molar-refractivity contribution in [1.82, 2.24) is 20.4 Å². The Bertz CT molecular complexity index is 669. The third kappa shape index (κ3) is 6.23.